The van der Waals surface area contributed by atoms with Gasteiger partial charge in [-0.2, -0.15) is 8.42 Å². The maximum absolute atomic E-state index is 12.7. The third-order valence-electron chi connectivity index (χ3n) is 12.9. The van der Waals surface area contributed by atoms with Crippen LogP contribution in [0.4, 0.5) is 0 Å². The number of quaternary nitrogens is 1. The normalized spacial score (nSPS) is 38.3. The minimum Gasteiger partial charge on any atom is -0.356 e. The lowest BCUT2D eigenvalue weighted by Gasteiger charge is -2.61. The maximum atomic E-state index is 12.7. The molecule has 4 rings (SSSR count). The lowest BCUT2D eigenvalue weighted by atomic mass is 9.44. The zero-order valence-corrected chi connectivity index (χ0v) is 26.7. The van der Waals surface area contributed by atoms with Crippen molar-refractivity contribution in [3.05, 3.63) is 0 Å². The summed E-state index contributed by atoms with van der Waals surface area (Å²) >= 11 is 0. The molecular weight excluding hydrogens is 508 g/mol. The lowest BCUT2D eigenvalue weighted by Crippen LogP contribution is -2.53. The van der Waals surface area contributed by atoms with Gasteiger partial charge in [0.15, 0.2) is 0 Å². The molecule has 5 unspecified atom stereocenters. The molecule has 6 nitrogen and oxygen atoms in total. The van der Waals surface area contributed by atoms with Crippen LogP contribution in [0.25, 0.3) is 0 Å². The molecule has 4 fully saturated rings. The van der Waals surface area contributed by atoms with Gasteiger partial charge >= 0.3 is 10.1 Å². The molecule has 9 atom stereocenters. The van der Waals surface area contributed by atoms with Crippen molar-refractivity contribution in [1.29, 1.82) is 0 Å². The van der Waals surface area contributed by atoms with E-state index in [4.69, 9.17) is 0 Å². The second kappa shape index (κ2) is 11.9. The molecule has 0 aliphatic heterocycles. The fourth-order valence-electron chi connectivity index (χ4n) is 10.8. The number of amides is 1. The van der Waals surface area contributed by atoms with Crippen LogP contribution >= 0.6 is 0 Å². The smallest absolute Gasteiger partial charge is 0.319 e. The monoisotopic (exact) mass is 567 g/mol. The topological polar surface area (TPSA) is 83.5 Å². The molecule has 226 valence electrons. The highest BCUT2D eigenvalue weighted by molar-refractivity contribution is 7.86. The molecule has 2 N–H and O–H groups in total. The molecule has 0 spiro atoms. The van der Waals surface area contributed by atoms with E-state index in [0.29, 0.717) is 49.1 Å². The van der Waals surface area contributed by atoms with Crippen LogP contribution in [-0.4, -0.2) is 55.9 Å². The summed E-state index contributed by atoms with van der Waals surface area (Å²) in [6, 6.07) is 0. The van der Waals surface area contributed by atoms with E-state index in [-0.39, 0.29) is 10.4 Å². The molecule has 39 heavy (non-hydrogen) atoms. The van der Waals surface area contributed by atoms with Crippen molar-refractivity contribution in [2.24, 2.45) is 46.3 Å². The van der Waals surface area contributed by atoms with Crippen LogP contribution in [-0.2, 0) is 14.9 Å². The van der Waals surface area contributed by atoms with E-state index < -0.39 is 15.5 Å². The molecule has 0 bridgehead atoms. The van der Waals surface area contributed by atoms with Crippen molar-refractivity contribution in [1.82, 2.24) is 5.32 Å². The van der Waals surface area contributed by atoms with Crippen LogP contribution in [0.15, 0.2) is 0 Å². The molecule has 0 aromatic carbocycles. The Morgan fingerprint density at radius 1 is 1.00 bits per heavy atom. The summed E-state index contributed by atoms with van der Waals surface area (Å²) in [6.07, 6.45) is 16.9. The number of nitrogens with zero attached hydrogens (tertiary/aromatic N) is 1. The molecule has 1 amide bonds. The average Bonchev–Trinajstić information content (AvgIpc) is 3.21. The Balaban J connectivity index is 1.24. The number of hydrogen-bond acceptors (Lipinski definition) is 3. The zero-order valence-electron chi connectivity index (χ0n) is 25.9. The number of nitrogens with one attached hydrogen (secondary N) is 1. The van der Waals surface area contributed by atoms with Gasteiger partial charge < -0.3 is 9.80 Å². The fraction of sp³-hybridized carbons (Fsp3) is 0.969. The Kier molecular flexibility index (Phi) is 9.55. The molecule has 7 heteroatoms. The molecule has 0 heterocycles. The van der Waals surface area contributed by atoms with Gasteiger partial charge in [0.2, 0.25) is 11.3 Å². The van der Waals surface area contributed by atoms with Crippen molar-refractivity contribution in [3.63, 3.8) is 0 Å². The second-order valence-electron chi connectivity index (χ2n) is 15.2. The molecular formula is C32H59N2O4S+. The SMILES string of the molecule is CCC([N+](C)(C)CCCNC(=O)CC[C@@H](C)[C@H]1CCC2C3CCC4CCCC[C@]4(C)C3CC[C@@]21C)S(=O)(=O)O. The standard InChI is InChI=1S/C32H58N2O4S/c1-7-30(39(36,37)38)34(5,6)22-10-21-33-29(35)17-12-23(2)26-15-16-27-25-14-13-24-11-8-9-19-31(24,3)28(25)18-20-32(26,27)4/h23-28,30H,7-22H2,1-6H3,(H-,33,35,36,37,38)/p+1/t23-,24?,25?,26-,27?,28?,30?,31+,32-/m1/s1. The molecule has 0 saturated heterocycles. The molecule has 0 aromatic rings. The van der Waals surface area contributed by atoms with E-state index in [9.17, 15) is 17.8 Å². The van der Waals surface area contributed by atoms with Crippen LogP contribution in [0.2, 0.25) is 0 Å². The van der Waals surface area contributed by atoms with E-state index in [1.165, 1.54) is 64.2 Å². The summed E-state index contributed by atoms with van der Waals surface area (Å²) in [5.74, 6) is 5.15. The van der Waals surface area contributed by atoms with E-state index in [1.807, 2.05) is 14.1 Å². The third kappa shape index (κ3) is 6.26. The Labute approximate surface area is 239 Å². The summed E-state index contributed by atoms with van der Waals surface area (Å²) in [5, 5.41) is 2.24. The van der Waals surface area contributed by atoms with Crippen molar-refractivity contribution in [3.8, 4) is 0 Å². The first kappa shape index (κ1) is 31.3. The van der Waals surface area contributed by atoms with Crippen LogP contribution in [0, 0.1) is 46.3 Å². The van der Waals surface area contributed by atoms with Gasteiger partial charge in [0.05, 0.1) is 20.6 Å². The predicted molar refractivity (Wildman–Crippen MR) is 158 cm³/mol. The summed E-state index contributed by atoms with van der Waals surface area (Å²) in [4.78, 5) is 12.7. The summed E-state index contributed by atoms with van der Waals surface area (Å²) in [6.45, 7) is 10.6. The molecule has 4 saturated carbocycles. The molecule has 0 radical (unpaired) electrons. The highest BCUT2D eigenvalue weighted by Crippen LogP contribution is 2.68. The Morgan fingerprint density at radius 2 is 1.72 bits per heavy atom. The van der Waals surface area contributed by atoms with E-state index in [1.54, 1.807) is 6.92 Å². The lowest BCUT2D eigenvalue weighted by molar-refractivity contribution is -0.901. The quantitative estimate of drug-likeness (QED) is 0.166. The fourth-order valence-corrected chi connectivity index (χ4v) is 12.1. The second-order valence-corrected chi connectivity index (χ2v) is 16.8. The minimum atomic E-state index is -4.10. The highest BCUT2D eigenvalue weighted by atomic mass is 32.2. The zero-order chi connectivity index (χ0) is 28.6. The number of rotatable bonds is 11. The van der Waals surface area contributed by atoms with Crippen molar-refractivity contribution >= 4 is 16.0 Å². The largest absolute Gasteiger partial charge is 0.356 e. The van der Waals surface area contributed by atoms with Gasteiger partial charge in [-0.15, -0.1) is 0 Å². The number of carbonyl (C=O) groups is 1. The third-order valence-corrected chi connectivity index (χ3v) is 14.5. The van der Waals surface area contributed by atoms with Gasteiger partial charge in [-0.25, -0.2) is 0 Å². The van der Waals surface area contributed by atoms with Crippen LogP contribution < -0.4 is 5.32 Å². The maximum Gasteiger partial charge on any atom is 0.319 e. The number of fused-ring (bicyclic) bond motifs is 5. The molecule has 0 aromatic heterocycles. The molecule has 4 aliphatic rings. The van der Waals surface area contributed by atoms with Gasteiger partial charge in [-0.05, 0) is 104 Å². The van der Waals surface area contributed by atoms with Gasteiger partial charge in [-0.3, -0.25) is 9.35 Å². The van der Waals surface area contributed by atoms with Crippen LogP contribution in [0.1, 0.15) is 118 Å². The first-order valence-electron chi connectivity index (χ1n) is 16.3. The first-order valence-corrected chi connectivity index (χ1v) is 17.8. The van der Waals surface area contributed by atoms with Crippen molar-refractivity contribution in [2.45, 2.75) is 123 Å². The van der Waals surface area contributed by atoms with Crippen molar-refractivity contribution in [2.75, 3.05) is 27.2 Å². The molecule has 4 aliphatic carbocycles. The van der Waals surface area contributed by atoms with Crippen LogP contribution in [0.5, 0.6) is 0 Å². The van der Waals surface area contributed by atoms with E-state index in [2.05, 4.69) is 26.1 Å². The number of carbonyl (C=O) groups excluding carboxylic acids is 1. The summed E-state index contributed by atoms with van der Waals surface area (Å²) in [5.41, 5.74) is 1.05. The predicted octanol–water partition coefficient (Wildman–Crippen LogP) is 6.66. The van der Waals surface area contributed by atoms with Gasteiger partial charge in [0.25, 0.3) is 0 Å². The Morgan fingerprint density at radius 3 is 2.41 bits per heavy atom. The highest BCUT2D eigenvalue weighted by Gasteiger charge is 2.60. The van der Waals surface area contributed by atoms with Gasteiger partial charge in [-0.1, -0.05) is 40.5 Å². The first-order chi connectivity index (χ1) is 18.2. The van der Waals surface area contributed by atoms with E-state index >= 15 is 0 Å². The van der Waals surface area contributed by atoms with Gasteiger partial charge in [0, 0.05) is 25.8 Å². The van der Waals surface area contributed by atoms with Crippen LogP contribution in [0.3, 0.4) is 0 Å². The number of hydrogen-bond donors (Lipinski definition) is 2. The van der Waals surface area contributed by atoms with E-state index in [0.717, 1.165) is 36.0 Å². The Hall–Kier alpha value is -0.660. The van der Waals surface area contributed by atoms with Gasteiger partial charge in [0.1, 0.15) is 0 Å². The summed E-state index contributed by atoms with van der Waals surface area (Å²) in [7, 11) is -0.439. The average molecular weight is 568 g/mol. The minimum absolute atomic E-state index is 0.112. The summed E-state index contributed by atoms with van der Waals surface area (Å²) < 4.78 is 33.2. The van der Waals surface area contributed by atoms with Crippen molar-refractivity contribution < 1.29 is 22.2 Å². The Bertz CT molecular complexity index is 967.